The van der Waals surface area contributed by atoms with Crippen molar-refractivity contribution < 1.29 is 13.9 Å². The van der Waals surface area contributed by atoms with Crippen molar-refractivity contribution in [2.24, 2.45) is 0 Å². The predicted molar refractivity (Wildman–Crippen MR) is 69.5 cm³/mol. The minimum absolute atomic E-state index is 0.00624. The number of rotatable bonds is 3. The van der Waals surface area contributed by atoms with Gasteiger partial charge in [-0.2, -0.15) is 0 Å². The lowest BCUT2D eigenvalue weighted by Gasteiger charge is -2.35. The van der Waals surface area contributed by atoms with Gasteiger partial charge in [0.2, 0.25) is 5.91 Å². The van der Waals surface area contributed by atoms with Crippen LogP contribution in [-0.4, -0.2) is 42.6 Å². The minimum atomic E-state index is -0.264. The highest BCUT2D eigenvalue weighted by molar-refractivity contribution is 5.80. The molecule has 1 aromatic heterocycles. The van der Waals surface area contributed by atoms with Gasteiger partial charge in [0, 0.05) is 31.7 Å². The lowest BCUT2D eigenvalue weighted by Crippen LogP contribution is -2.47. The van der Waals surface area contributed by atoms with E-state index in [2.05, 4.69) is 10.2 Å². The molecule has 1 aromatic rings. The van der Waals surface area contributed by atoms with Crippen LogP contribution in [0.2, 0.25) is 0 Å². The maximum atomic E-state index is 11.6. The highest BCUT2D eigenvalue weighted by atomic mass is 16.5. The number of ether oxygens (including phenoxy) is 1. The van der Waals surface area contributed by atoms with Crippen molar-refractivity contribution in [3.63, 3.8) is 0 Å². The number of fused-ring (bicyclic) bond motifs is 1. The molecule has 0 saturated carbocycles. The third kappa shape index (κ3) is 2.53. The Morgan fingerprint density at radius 2 is 2.37 bits per heavy atom. The van der Waals surface area contributed by atoms with E-state index in [4.69, 9.17) is 9.15 Å². The predicted octanol–water partition coefficient (Wildman–Crippen LogP) is 1.15. The second-order valence-electron chi connectivity index (χ2n) is 5.31. The Bertz CT molecular complexity index is 432. The summed E-state index contributed by atoms with van der Waals surface area (Å²) < 4.78 is 11.0. The summed E-state index contributed by atoms with van der Waals surface area (Å²) in [4.78, 5) is 14.1. The second-order valence-corrected chi connectivity index (χ2v) is 5.31. The third-order valence-corrected chi connectivity index (χ3v) is 4.17. The summed E-state index contributed by atoms with van der Waals surface area (Å²) in [5, 5.41) is 2.67. The molecule has 2 aliphatic heterocycles. The number of hydrogen-bond acceptors (Lipinski definition) is 4. The molecule has 19 heavy (non-hydrogen) atoms. The Morgan fingerprint density at radius 3 is 3.11 bits per heavy atom. The monoisotopic (exact) mass is 264 g/mol. The van der Waals surface area contributed by atoms with Gasteiger partial charge in [0.15, 0.2) is 0 Å². The van der Waals surface area contributed by atoms with Crippen LogP contribution in [0.1, 0.15) is 24.8 Å². The number of nitrogens with one attached hydrogen (secondary N) is 1. The van der Waals surface area contributed by atoms with Crippen LogP contribution in [0.4, 0.5) is 0 Å². The van der Waals surface area contributed by atoms with Gasteiger partial charge in [-0.15, -0.1) is 0 Å². The Kier molecular flexibility index (Phi) is 3.57. The fourth-order valence-electron chi connectivity index (χ4n) is 3.18. The van der Waals surface area contributed by atoms with E-state index in [1.54, 1.807) is 19.6 Å². The first-order valence-electron chi connectivity index (χ1n) is 6.90. The lowest BCUT2D eigenvalue weighted by molar-refractivity contribution is -0.143. The molecule has 2 aliphatic rings. The first kappa shape index (κ1) is 12.7. The van der Waals surface area contributed by atoms with Crippen molar-refractivity contribution in [2.75, 3.05) is 13.6 Å². The number of furan rings is 1. The number of carbonyl (C=O) groups excluding carboxylic acids is 1. The fourth-order valence-corrected chi connectivity index (χ4v) is 3.18. The molecule has 5 nitrogen and oxygen atoms in total. The fraction of sp³-hybridized carbons (Fsp3) is 0.643. The van der Waals surface area contributed by atoms with E-state index in [1.165, 1.54) is 5.56 Å². The van der Waals surface area contributed by atoms with Crippen molar-refractivity contribution in [3.05, 3.63) is 24.2 Å². The highest BCUT2D eigenvalue weighted by Crippen LogP contribution is 2.32. The maximum absolute atomic E-state index is 11.6. The molecule has 0 aliphatic carbocycles. The molecular formula is C14H20N2O3. The van der Waals surface area contributed by atoms with Crippen LogP contribution < -0.4 is 5.32 Å². The van der Waals surface area contributed by atoms with Crippen molar-refractivity contribution in [1.29, 1.82) is 0 Å². The van der Waals surface area contributed by atoms with Gasteiger partial charge in [-0.05, 0) is 25.3 Å². The summed E-state index contributed by atoms with van der Waals surface area (Å²) in [6, 6.07) is 2.44. The molecule has 0 aromatic carbocycles. The first-order valence-corrected chi connectivity index (χ1v) is 6.90. The van der Waals surface area contributed by atoms with E-state index in [-0.39, 0.29) is 18.1 Å². The van der Waals surface area contributed by atoms with Crippen LogP contribution in [0.25, 0.3) is 0 Å². The van der Waals surface area contributed by atoms with Gasteiger partial charge in [0.05, 0.1) is 18.6 Å². The molecule has 1 N–H and O–H groups in total. The summed E-state index contributed by atoms with van der Waals surface area (Å²) in [6.45, 7) is 1.94. The maximum Gasteiger partial charge on any atom is 0.248 e. The summed E-state index contributed by atoms with van der Waals surface area (Å²) in [5.74, 6) is 0.00624. The van der Waals surface area contributed by atoms with Crippen LogP contribution in [0.3, 0.4) is 0 Å². The van der Waals surface area contributed by atoms with Crippen LogP contribution in [-0.2, 0) is 16.1 Å². The molecule has 3 rings (SSSR count). The molecule has 0 radical (unpaired) electrons. The van der Waals surface area contributed by atoms with Crippen molar-refractivity contribution in [2.45, 2.75) is 44.1 Å². The van der Waals surface area contributed by atoms with Gasteiger partial charge in [-0.1, -0.05) is 0 Å². The quantitative estimate of drug-likeness (QED) is 0.889. The Labute approximate surface area is 112 Å². The normalized spacial score (nSPS) is 31.1. The first-order chi connectivity index (χ1) is 9.28. The Hall–Kier alpha value is -1.33. The van der Waals surface area contributed by atoms with E-state index in [0.717, 1.165) is 32.4 Å². The summed E-state index contributed by atoms with van der Waals surface area (Å²) in [7, 11) is 1.66. The van der Waals surface area contributed by atoms with Crippen molar-refractivity contribution >= 4 is 5.91 Å². The molecule has 3 heterocycles. The van der Waals surface area contributed by atoms with Gasteiger partial charge in [0.1, 0.15) is 6.10 Å². The Morgan fingerprint density at radius 1 is 1.47 bits per heavy atom. The number of likely N-dealkylation sites (tertiary alicyclic amines) is 1. The largest absolute Gasteiger partial charge is 0.472 e. The molecule has 3 atom stereocenters. The van der Waals surface area contributed by atoms with Crippen LogP contribution in [0.15, 0.2) is 23.0 Å². The third-order valence-electron chi connectivity index (χ3n) is 4.17. The molecule has 0 bridgehead atoms. The van der Waals surface area contributed by atoms with Gasteiger partial charge >= 0.3 is 0 Å². The van der Waals surface area contributed by atoms with Gasteiger partial charge in [0.25, 0.3) is 0 Å². The molecule has 2 saturated heterocycles. The topological polar surface area (TPSA) is 54.7 Å². The van der Waals surface area contributed by atoms with Crippen LogP contribution in [0.5, 0.6) is 0 Å². The lowest BCUT2D eigenvalue weighted by atomic mass is 9.98. The number of likely N-dealkylation sites (N-methyl/N-ethyl adjacent to an activating group) is 1. The molecule has 104 valence electrons. The number of hydrogen-bond donors (Lipinski definition) is 1. The molecule has 0 spiro atoms. The molecule has 0 unspecified atom stereocenters. The van der Waals surface area contributed by atoms with Crippen LogP contribution in [0, 0.1) is 0 Å². The van der Waals surface area contributed by atoms with Gasteiger partial charge in [-0.25, -0.2) is 0 Å². The SMILES string of the molecule is CNC(=O)[C@H]1CC[C@@H]2[C@@H](CCN2Cc2ccoc2)O1. The minimum Gasteiger partial charge on any atom is -0.472 e. The van der Waals surface area contributed by atoms with E-state index in [0.29, 0.717) is 6.04 Å². The van der Waals surface area contributed by atoms with Crippen molar-refractivity contribution in [1.82, 2.24) is 10.2 Å². The van der Waals surface area contributed by atoms with E-state index < -0.39 is 0 Å². The molecule has 5 heteroatoms. The molecule has 2 fully saturated rings. The number of carbonyl (C=O) groups is 1. The standard InChI is InChI=1S/C14H20N2O3/c1-15-14(17)13-3-2-11-12(19-13)4-6-16(11)8-10-5-7-18-9-10/h5,7,9,11-13H,2-4,6,8H2,1H3,(H,15,17)/t11-,12-,13-/m1/s1. The van der Waals surface area contributed by atoms with Gasteiger partial charge in [-0.3, -0.25) is 9.69 Å². The second kappa shape index (κ2) is 5.35. The number of amides is 1. The smallest absolute Gasteiger partial charge is 0.248 e. The van der Waals surface area contributed by atoms with Crippen LogP contribution >= 0.6 is 0 Å². The highest BCUT2D eigenvalue weighted by Gasteiger charge is 2.41. The zero-order valence-corrected chi connectivity index (χ0v) is 11.2. The van der Waals surface area contributed by atoms with E-state index >= 15 is 0 Å². The Balaban J connectivity index is 1.60. The average molecular weight is 264 g/mol. The summed E-state index contributed by atoms with van der Waals surface area (Å²) in [5.41, 5.74) is 1.20. The summed E-state index contributed by atoms with van der Waals surface area (Å²) in [6.07, 6.45) is 6.29. The average Bonchev–Trinajstić information content (AvgIpc) is 3.08. The number of nitrogens with zero attached hydrogens (tertiary/aromatic N) is 1. The molecule has 1 amide bonds. The van der Waals surface area contributed by atoms with Crippen molar-refractivity contribution in [3.8, 4) is 0 Å². The van der Waals surface area contributed by atoms with E-state index in [9.17, 15) is 4.79 Å². The zero-order valence-electron chi connectivity index (χ0n) is 11.2. The summed E-state index contributed by atoms with van der Waals surface area (Å²) >= 11 is 0. The zero-order chi connectivity index (χ0) is 13.2. The van der Waals surface area contributed by atoms with E-state index in [1.807, 2.05) is 6.07 Å². The van der Waals surface area contributed by atoms with Gasteiger partial charge < -0.3 is 14.5 Å². The molecular weight excluding hydrogens is 244 g/mol.